The zero-order chi connectivity index (χ0) is 28.7. The van der Waals surface area contributed by atoms with Crippen LogP contribution in [0.2, 0.25) is 15.1 Å². The number of carbonyl (C=O) groups excluding carboxylic acids is 1. The number of carboxylic acids is 1. The second kappa shape index (κ2) is 11.5. The van der Waals surface area contributed by atoms with Crippen LogP contribution in [0.3, 0.4) is 0 Å². The lowest BCUT2D eigenvalue weighted by molar-refractivity contribution is -0.136. The summed E-state index contributed by atoms with van der Waals surface area (Å²) >= 11 is 19.7. The van der Waals surface area contributed by atoms with Crippen LogP contribution in [0.1, 0.15) is 82.7 Å². The van der Waals surface area contributed by atoms with Crippen LogP contribution in [0, 0.1) is 0 Å². The number of aromatic nitrogens is 1. The minimum Gasteiger partial charge on any atom is -0.489 e. The number of Topliss-reactive ketones (excluding diaryl/α,β-unsaturated/α-hetero) is 1. The van der Waals surface area contributed by atoms with Crippen LogP contribution in [0.25, 0.3) is 11.3 Å². The molecule has 4 aromatic rings. The molecule has 41 heavy (non-hydrogen) atoms. The van der Waals surface area contributed by atoms with Crippen molar-refractivity contribution in [2.45, 2.75) is 56.5 Å². The van der Waals surface area contributed by atoms with Crippen molar-refractivity contribution in [3.63, 3.8) is 0 Å². The molecular formula is C32H26Cl3NO5. The zero-order valence-corrected chi connectivity index (χ0v) is 24.2. The smallest absolute Gasteiger partial charge is 0.303 e. The monoisotopic (exact) mass is 609 g/mol. The quantitative estimate of drug-likeness (QED) is 0.170. The average Bonchev–Trinajstić information content (AvgIpc) is 3.89. The van der Waals surface area contributed by atoms with Gasteiger partial charge in [0.25, 0.3) is 0 Å². The molecule has 0 amide bonds. The van der Waals surface area contributed by atoms with Gasteiger partial charge in [0.2, 0.25) is 0 Å². The number of carboxylic acid groups (broad SMARTS) is 1. The Morgan fingerprint density at radius 1 is 0.927 bits per heavy atom. The third-order valence-electron chi connectivity index (χ3n) is 7.74. The fourth-order valence-electron chi connectivity index (χ4n) is 5.29. The van der Waals surface area contributed by atoms with E-state index in [1.165, 1.54) is 0 Å². The predicted octanol–water partition coefficient (Wildman–Crippen LogP) is 9.08. The van der Waals surface area contributed by atoms with E-state index in [9.17, 15) is 9.59 Å². The van der Waals surface area contributed by atoms with E-state index in [0.717, 1.165) is 41.7 Å². The third-order valence-corrected chi connectivity index (χ3v) is 8.70. The predicted molar refractivity (Wildman–Crippen MR) is 157 cm³/mol. The number of nitrogens with zero attached hydrogens (tertiary/aromatic N) is 1. The summed E-state index contributed by atoms with van der Waals surface area (Å²) in [6.07, 6.45) is 2.88. The Labute approximate surface area is 252 Å². The Bertz CT molecular complexity index is 1610. The highest BCUT2D eigenvalue weighted by Crippen LogP contribution is 2.56. The van der Waals surface area contributed by atoms with Gasteiger partial charge in [-0.05, 0) is 66.5 Å². The van der Waals surface area contributed by atoms with Crippen molar-refractivity contribution < 1.29 is 24.0 Å². The van der Waals surface area contributed by atoms with Gasteiger partial charge in [-0.1, -0.05) is 76.4 Å². The molecule has 0 bridgehead atoms. The van der Waals surface area contributed by atoms with Gasteiger partial charge in [-0.2, -0.15) is 0 Å². The Balaban J connectivity index is 1.14. The zero-order valence-electron chi connectivity index (χ0n) is 21.9. The van der Waals surface area contributed by atoms with Crippen molar-refractivity contribution in [2.24, 2.45) is 0 Å². The highest BCUT2D eigenvalue weighted by atomic mass is 35.5. The molecule has 2 saturated carbocycles. The van der Waals surface area contributed by atoms with Gasteiger partial charge in [-0.15, -0.1) is 0 Å². The van der Waals surface area contributed by atoms with E-state index >= 15 is 0 Å². The molecule has 1 aromatic heterocycles. The number of carbonyl (C=O) groups is 2. The number of ketones is 1. The van der Waals surface area contributed by atoms with E-state index in [-0.39, 0.29) is 31.1 Å². The van der Waals surface area contributed by atoms with Crippen LogP contribution >= 0.6 is 34.8 Å². The van der Waals surface area contributed by atoms with Crippen molar-refractivity contribution in [1.82, 2.24) is 5.16 Å². The molecule has 2 unspecified atom stereocenters. The van der Waals surface area contributed by atoms with E-state index in [0.29, 0.717) is 49.5 Å². The van der Waals surface area contributed by atoms with Crippen LogP contribution in [0.15, 0.2) is 65.2 Å². The molecule has 0 radical (unpaired) electrons. The summed E-state index contributed by atoms with van der Waals surface area (Å²) in [4.78, 5) is 22.9. The van der Waals surface area contributed by atoms with Gasteiger partial charge >= 0.3 is 5.97 Å². The molecule has 9 heteroatoms. The van der Waals surface area contributed by atoms with E-state index in [1.807, 2.05) is 30.3 Å². The van der Waals surface area contributed by atoms with E-state index in [2.05, 4.69) is 5.16 Å². The lowest BCUT2D eigenvalue weighted by Crippen LogP contribution is -2.03. The summed E-state index contributed by atoms with van der Waals surface area (Å²) in [5.74, 6) is 1.22. The second-order valence-electron chi connectivity index (χ2n) is 10.6. The van der Waals surface area contributed by atoms with Gasteiger partial charge in [0.15, 0.2) is 5.78 Å². The Morgan fingerprint density at radius 3 is 2.32 bits per heavy atom. The first kappa shape index (κ1) is 27.8. The van der Waals surface area contributed by atoms with Gasteiger partial charge < -0.3 is 14.4 Å². The number of ether oxygens (including phenoxy) is 1. The van der Waals surface area contributed by atoms with Crippen molar-refractivity contribution in [3.05, 3.63) is 104 Å². The number of halogens is 3. The summed E-state index contributed by atoms with van der Waals surface area (Å²) < 4.78 is 11.9. The number of rotatable bonds is 11. The number of hydrogen-bond donors (Lipinski definition) is 1. The normalized spacial score (nSPS) is 17.8. The van der Waals surface area contributed by atoms with Crippen molar-refractivity contribution in [2.75, 3.05) is 0 Å². The molecule has 6 rings (SSSR count). The van der Waals surface area contributed by atoms with Gasteiger partial charge in [0, 0.05) is 28.5 Å². The number of aliphatic carboxylic acids is 1. The first-order valence-corrected chi connectivity index (χ1v) is 14.6. The van der Waals surface area contributed by atoms with E-state index in [1.54, 1.807) is 30.3 Å². The molecule has 1 N–H and O–H groups in total. The molecular weight excluding hydrogens is 585 g/mol. The summed E-state index contributed by atoms with van der Waals surface area (Å²) in [6.45, 7) is 0.242. The molecule has 1 heterocycles. The van der Waals surface area contributed by atoms with Crippen molar-refractivity contribution in [1.29, 1.82) is 0 Å². The standard InChI is InChI=1S/C32H26Cl3NO5/c33-25-2-1-3-26(34)30(25)31-24(32(41-36-31)19-8-9-19)16-40-20-10-11-21(27(35)14-20)23-15-22(23)17-4-6-18(7-5-17)28(37)12-13-29(38)39/h1-7,10-11,14,19,22-23H,8-9,12-13,15-16H2,(H,38,39). The first-order valence-electron chi connectivity index (χ1n) is 13.5. The summed E-state index contributed by atoms with van der Waals surface area (Å²) in [5.41, 5.74) is 4.79. The summed E-state index contributed by atoms with van der Waals surface area (Å²) in [5, 5.41) is 14.8. The minimum atomic E-state index is -0.975. The molecule has 6 nitrogen and oxygen atoms in total. The third kappa shape index (κ3) is 6.01. The molecule has 0 spiro atoms. The van der Waals surface area contributed by atoms with Crippen molar-refractivity contribution >= 4 is 46.6 Å². The van der Waals surface area contributed by atoms with E-state index < -0.39 is 5.97 Å². The molecule has 210 valence electrons. The summed E-state index contributed by atoms with van der Waals surface area (Å²) in [7, 11) is 0. The maximum absolute atomic E-state index is 12.2. The molecule has 0 aliphatic heterocycles. The fourth-order valence-corrected chi connectivity index (χ4v) is 6.18. The average molecular weight is 611 g/mol. The minimum absolute atomic E-state index is 0.00117. The van der Waals surface area contributed by atoms with Crippen molar-refractivity contribution in [3.8, 4) is 17.0 Å². The van der Waals surface area contributed by atoms with Gasteiger partial charge in [-0.3, -0.25) is 9.59 Å². The fraction of sp³-hybridized carbons (Fsp3) is 0.281. The Kier molecular flexibility index (Phi) is 7.82. The highest BCUT2D eigenvalue weighted by Gasteiger charge is 2.40. The molecule has 0 saturated heterocycles. The molecule has 2 aliphatic rings. The van der Waals surface area contributed by atoms with Crippen LogP contribution in [0.4, 0.5) is 0 Å². The van der Waals surface area contributed by atoms with Crippen LogP contribution in [0.5, 0.6) is 5.75 Å². The first-order chi connectivity index (χ1) is 19.8. The highest BCUT2D eigenvalue weighted by molar-refractivity contribution is 6.39. The molecule has 2 fully saturated rings. The van der Waals surface area contributed by atoms with Crippen LogP contribution < -0.4 is 4.74 Å². The largest absolute Gasteiger partial charge is 0.489 e. The SMILES string of the molecule is O=C(O)CCC(=O)c1ccc(C2CC2c2ccc(OCc3c(-c4c(Cl)cccc4Cl)noc3C3CC3)cc2Cl)cc1. The lowest BCUT2D eigenvalue weighted by atomic mass is 10.0. The van der Waals surface area contributed by atoms with E-state index in [4.69, 9.17) is 49.2 Å². The maximum atomic E-state index is 12.2. The van der Waals surface area contributed by atoms with Crippen LogP contribution in [-0.4, -0.2) is 22.0 Å². The molecule has 2 atom stereocenters. The Morgan fingerprint density at radius 2 is 1.66 bits per heavy atom. The Hall–Kier alpha value is -3.32. The lowest BCUT2D eigenvalue weighted by Gasteiger charge is -2.11. The van der Waals surface area contributed by atoms with Gasteiger partial charge in [0.05, 0.1) is 22.0 Å². The van der Waals surface area contributed by atoms with Gasteiger partial charge in [-0.25, -0.2) is 0 Å². The molecule has 3 aromatic carbocycles. The maximum Gasteiger partial charge on any atom is 0.303 e. The van der Waals surface area contributed by atoms with Gasteiger partial charge in [0.1, 0.15) is 23.8 Å². The number of benzene rings is 3. The molecule has 2 aliphatic carbocycles. The second-order valence-corrected chi connectivity index (χ2v) is 11.8. The topological polar surface area (TPSA) is 89.6 Å². The summed E-state index contributed by atoms with van der Waals surface area (Å²) in [6, 6.07) is 18.6. The number of hydrogen-bond acceptors (Lipinski definition) is 5. The van der Waals surface area contributed by atoms with Crippen LogP contribution in [-0.2, 0) is 11.4 Å².